The fourth-order valence-electron chi connectivity index (χ4n) is 2.08. The summed E-state index contributed by atoms with van der Waals surface area (Å²) in [5.74, 6) is -0.434. The van der Waals surface area contributed by atoms with E-state index in [1.807, 2.05) is 0 Å². The molecule has 0 radical (unpaired) electrons. The Hall–Kier alpha value is -3.29. The molecule has 0 saturated heterocycles. The lowest BCUT2D eigenvalue weighted by Gasteiger charge is -2.15. The lowest BCUT2D eigenvalue weighted by atomic mass is 10.1. The number of amides is 2. The summed E-state index contributed by atoms with van der Waals surface area (Å²) >= 11 is 0. The van der Waals surface area contributed by atoms with Gasteiger partial charge in [0.1, 0.15) is 5.82 Å². The number of hydrogen-bond acceptors (Lipinski definition) is 5. The molecule has 0 saturated carbocycles. The predicted octanol–water partition coefficient (Wildman–Crippen LogP) is 3.27. The van der Waals surface area contributed by atoms with Gasteiger partial charge < -0.3 is 24.8 Å². The molecule has 0 spiro atoms. The van der Waals surface area contributed by atoms with Crippen molar-refractivity contribution in [2.45, 2.75) is 0 Å². The number of halogens is 1. The molecule has 25 heavy (non-hydrogen) atoms. The summed E-state index contributed by atoms with van der Waals surface area (Å²) in [5.41, 5.74) is 0.650. The zero-order valence-corrected chi connectivity index (χ0v) is 13.9. The van der Waals surface area contributed by atoms with Gasteiger partial charge in [0.25, 0.3) is 0 Å². The number of anilines is 2. The maximum atomic E-state index is 12.9. The summed E-state index contributed by atoms with van der Waals surface area (Å²) in [6.45, 7) is 0. The maximum Gasteiger partial charge on any atom is 0.340 e. The van der Waals surface area contributed by atoms with Gasteiger partial charge >= 0.3 is 12.0 Å². The number of carbonyl (C=O) groups excluding carboxylic acids is 2. The van der Waals surface area contributed by atoms with E-state index < -0.39 is 17.8 Å². The molecule has 2 aromatic rings. The number of nitrogens with one attached hydrogen (secondary N) is 2. The highest BCUT2D eigenvalue weighted by Gasteiger charge is 2.19. The van der Waals surface area contributed by atoms with Crippen molar-refractivity contribution in [2.24, 2.45) is 0 Å². The summed E-state index contributed by atoms with van der Waals surface area (Å²) in [6, 6.07) is 7.46. The van der Waals surface area contributed by atoms with Crippen LogP contribution in [0.15, 0.2) is 36.4 Å². The molecule has 0 aliphatic carbocycles. The highest BCUT2D eigenvalue weighted by Crippen LogP contribution is 2.33. The number of esters is 1. The summed E-state index contributed by atoms with van der Waals surface area (Å²) in [5, 5.41) is 5.06. The van der Waals surface area contributed by atoms with Gasteiger partial charge in [0.2, 0.25) is 0 Å². The van der Waals surface area contributed by atoms with E-state index in [9.17, 15) is 14.0 Å². The van der Waals surface area contributed by atoms with Crippen LogP contribution in [0.25, 0.3) is 0 Å². The van der Waals surface area contributed by atoms with Crippen molar-refractivity contribution >= 4 is 23.4 Å². The Morgan fingerprint density at radius 1 is 0.920 bits per heavy atom. The summed E-state index contributed by atoms with van der Waals surface area (Å²) in [7, 11) is 4.08. The van der Waals surface area contributed by atoms with Crippen LogP contribution in [0.1, 0.15) is 10.4 Å². The summed E-state index contributed by atoms with van der Waals surface area (Å²) in [4.78, 5) is 24.1. The molecule has 0 aliphatic heterocycles. The molecule has 0 aromatic heterocycles. The topological polar surface area (TPSA) is 85.9 Å². The van der Waals surface area contributed by atoms with Crippen LogP contribution in [0.3, 0.4) is 0 Å². The van der Waals surface area contributed by atoms with Gasteiger partial charge in [0, 0.05) is 17.8 Å². The second-order valence-electron chi connectivity index (χ2n) is 4.83. The molecule has 2 rings (SSSR count). The Morgan fingerprint density at radius 2 is 1.52 bits per heavy atom. The average molecular weight is 348 g/mol. The van der Waals surface area contributed by atoms with Crippen LogP contribution < -0.4 is 20.1 Å². The Labute approximate surface area is 143 Å². The molecular weight excluding hydrogens is 331 g/mol. The smallest absolute Gasteiger partial charge is 0.340 e. The SMILES string of the molecule is COC(=O)c1cc(OC)c(OC)cc1NC(=O)Nc1ccc(F)cc1. The quantitative estimate of drug-likeness (QED) is 0.810. The van der Waals surface area contributed by atoms with E-state index in [2.05, 4.69) is 10.6 Å². The van der Waals surface area contributed by atoms with Gasteiger partial charge in [-0.3, -0.25) is 0 Å². The molecule has 7 nitrogen and oxygen atoms in total. The van der Waals surface area contributed by atoms with E-state index in [0.29, 0.717) is 17.2 Å². The molecule has 0 atom stereocenters. The fourth-order valence-corrected chi connectivity index (χ4v) is 2.08. The molecular formula is C17H17FN2O5. The molecule has 0 unspecified atom stereocenters. The first kappa shape index (κ1) is 18.1. The van der Waals surface area contributed by atoms with Crippen molar-refractivity contribution in [3.8, 4) is 11.5 Å². The highest BCUT2D eigenvalue weighted by molar-refractivity contribution is 6.05. The number of urea groups is 1. The van der Waals surface area contributed by atoms with Gasteiger partial charge in [-0.05, 0) is 24.3 Å². The van der Waals surface area contributed by atoms with Gasteiger partial charge in [0.15, 0.2) is 11.5 Å². The van der Waals surface area contributed by atoms with Crippen LogP contribution >= 0.6 is 0 Å². The third-order valence-corrected chi connectivity index (χ3v) is 3.28. The second kappa shape index (κ2) is 8.00. The van der Waals surface area contributed by atoms with Gasteiger partial charge in [-0.25, -0.2) is 14.0 Å². The third kappa shape index (κ3) is 4.37. The molecule has 2 N–H and O–H groups in total. The van der Waals surface area contributed by atoms with Crippen LogP contribution in [0.2, 0.25) is 0 Å². The molecule has 8 heteroatoms. The largest absolute Gasteiger partial charge is 0.493 e. The number of benzene rings is 2. The monoisotopic (exact) mass is 348 g/mol. The van der Waals surface area contributed by atoms with E-state index in [0.717, 1.165) is 0 Å². The standard InChI is InChI=1S/C17H17FN2O5/c1-23-14-8-12(16(21)25-3)13(9-15(14)24-2)20-17(22)19-11-6-4-10(18)5-7-11/h4-9H,1-3H3,(H2,19,20,22). The Bertz CT molecular complexity index is 777. The van der Waals surface area contributed by atoms with Crippen LogP contribution in [0, 0.1) is 5.82 Å². The molecule has 2 aromatic carbocycles. The van der Waals surface area contributed by atoms with Crippen molar-refractivity contribution in [2.75, 3.05) is 32.0 Å². The van der Waals surface area contributed by atoms with Crippen LogP contribution in [-0.4, -0.2) is 33.3 Å². The first-order valence-electron chi connectivity index (χ1n) is 7.16. The molecule has 2 amide bonds. The summed E-state index contributed by atoms with van der Waals surface area (Å²) < 4.78 is 27.9. The minimum absolute atomic E-state index is 0.0920. The van der Waals surface area contributed by atoms with Crippen LogP contribution in [0.4, 0.5) is 20.6 Å². The molecule has 0 aliphatic rings. The second-order valence-corrected chi connectivity index (χ2v) is 4.83. The third-order valence-electron chi connectivity index (χ3n) is 3.28. The number of hydrogen-bond donors (Lipinski definition) is 2. The minimum atomic E-state index is -0.655. The molecule has 0 heterocycles. The first-order chi connectivity index (χ1) is 12.0. The number of rotatable bonds is 5. The lowest BCUT2D eigenvalue weighted by molar-refractivity contribution is 0.0601. The molecule has 132 valence electrons. The molecule has 0 bridgehead atoms. The Kier molecular flexibility index (Phi) is 5.78. The minimum Gasteiger partial charge on any atom is -0.493 e. The van der Waals surface area contributed by atoms with E-state index >= 15 is 0 Å². The van der Waals surface area contributed by atoms with Gasteiger partial charge in [0.05, 0.1) is 32.6 Å². The fraction of sp³-hybridized carbons (Fsp3) is 0.176. The summed E-state index contributed by atoms with van der Waals surface area (Å²) in [6.07, 6.45) is 0. The predicted molar refractivity (Wildman–Crippen MR) is 89.9 cm³/mol. The maximum absolute atomic E-state index is 12.9. The van der Waals surface area contributed by atoms with Crippen LogP contribution in [-0.2, 0) is 4.74 Å². The first-order valence-corrected chi connectivity index (χ1v) is 7.16. The van der Waals surface area contributed by atoms with E-state index in [1.54, 1.807) is 0 Å². The highest BCUT2D eigenvalue weighted by atomic mass is 19.1. The zero-order chi connectivity index (χ0) is 18.4. The lowest BCUT2D eigenvalue weighted by Crippen LogP contribution is -2.21. The number of ether oxygens (including phenoxy) is 3. The number of methoxy groups -OCH3 is 3. The Balaban J connectivity index is 2.28. The normalized spacial score (nSPS) is 9.92. The van der Waals surface area contributed by atoms with Crippen molar-refractivity contribution in [3.63, 3.8) is 0 Å². The van der Waals surface area contributed by atoms with Gasteiger partial charge in [-0.2, -0.15) is 0 Å². The van der Waals surface area contributed by atoms with Crippen molar-refractivity contribution in [1.29, 1.82) is 0 Å². The molecule has 0 fully saturated rings. The van der Waals surface area contributed by atoms with Crippen molar-refractivity contribution in [3.05, 3.63) is 47.8 Å². The van der Waals surface area contributed by atoms with Gasteiger partial charge in [-0.15, -0.1) is 0 Å². The zero-order valence-electron chi connectivity index (χ0n) is 13.9. The average Bonchev–Trinajstić information content (AvgIpc) is 2.62. The van der Waals surface area contributed by atoms with Crippen molar-refractivity contribution < 1.29 is 28.2 Å². The van der Waals surface area contributed by atoms with Crippen molar-refractivity contribution in [1.82, 2.24) is 0 Å². The van der Waals surface area contributed by atoms with Gasteiger partial charge in [-0.1, -0.05) is 0 Å². The Morgan fingerprint density at radius 3 is 2.08 bits per heavy atom. The van der Waals surface area contributed by atoms with Crippen LogP contribution in [0.5, 0.6) is 11.5 Å². The van der Waals surface area contributed by atoms with E-state index in [4.69, 9.17) is 14.2 Å². The van der Waals surface area contributed by atoms with E-state index in [1.165, 1.54) is 57.7 Å². The number of carbonyl (C=O) groups is 2. The van der Waals surface area contributed by atoms with E-state index in [-0.39, 0.29) is 11.3 Å².